The van der Waals surface area contributed by atoms with Gasteiger partial charge < -0.3 is 11.1 Å². The molecule has 0 unspecified atom stereocenters. The Morgan fingerprint density at radius 2 is 2.25 bits per heavy atom. The fraction of sp³-hybridized carbons (Fsp3) is 0.700. The SMILES string of the molecule is Cc1nc(C(=O)NC2(CN)CCCC2)n[nH]1. The standard InChI is InChI=1S/C10H17N5O/c1-7-12-8(15-14-7)9(16)13-10(6-11)4-2-3-5-10/h2-6,11H2,1H3,(H,13,16)(H,12,14,15). The van der Waals surface area contributed by atoms with Crippen molar-refractivity contribution in [2.24, 2.45) is 5.73 Å². The molecule has 0 bridgehead atoms. The van der Waals surface area contributed by atoms with Gasteiger partial charge in [-0.25, -0.2) is 4.98 Å². The highest BCUT2D eigenvalue weighted by Crippen LogP contribution is 2.28. The summed E-state index contributed by atoms with van der Waals surface area (Å²) in [6, 6.07) is 0. The fourth-order valence-electron chi connectivity index (χ4n) is 2.17. The zero-order chi connectivity index (χ0) is 11.6. The molecule has 1 aromatic rings. The van der Waals surface area contributed by atoms with Crippen molar-refractivity contribution in [3.63, 3.8) is 0 Å². The van der Waals surface area contributed by atoms with E-state index in [9.17, 15) is 4.79 Å². The van der Waals surface area contributed by atoms with Crippen LogP contribution in [0.1, 0.15) is 42.1 Å². The first-order chi connectivity index (χ1) is 7.65. The molecule has 1 aliphatic carbocycles. The van der Waals surface area contributed by atoms with E-state index in [1.807, 2.05) is 0 Å². The van der Waals surface area contributed by atoms with E-state index in [-0.39, 0.29) is 17.3 Å². The van der Waals surface area contributed by atoms with Crippen LogP contribution in [0.25, 0.3) is 0 Å². The lowest BCUT2D eigenvalue weighted by atomic mass is 9.98. The van der Waals surface area contributed by atoms with Gasteiger partial charge in [0.1, 0.15) is 5.82 Å². The van der Waals surface area contributed by atoms with Gasteiger partial charge in [-0.15, -0.1) is 5.10 Å². The number of nitrogens with two attached hydrogens (primary N) is 1. The monoisotopic (exact) mass is 223 g/mol. The minimum atomic E-state index is -0.244. The van der Waals surface area contributed by atoms with Crippen molar-refractivity contribution in [3.05, 3.63) is 11.6 Å². The smallest absolute Gasteiger partial charge is 0.291 e. The topological polar surface area (TPSA) is 96.7 Å². The zero-order valence-electron chi connectivity index (χ0n) is 9.42. The molecule has 0 aromatic carbocycles. The quantitative estimate of drug-likeness (QED) is 0.677. The van der Waals surface area contributed by atoms with E-state index < -0.39 is 0 Å². The molecular weight excluding hydrogens is 206 g/mol. The predicted octanol–water partition coefficient (Wildman–Crippen LogP) is 0.114. The lowest BCUT2D eigenvalue weighted by Gasteiger charge is -2.27. The third kappa shape index (κ3) is 2.06. The molecule has 6 heteroatoms. The number of hydrogen-bond acceptors (Lipinski definition) is 4. The van der Waals surface area contributed by atoms with Gasteiger partial charge in [0.05, 0.1) is 5.54 Å². The molecular formula is C10H17N5O. The number of aromatic nitrogens is 3. The molecule has 0 aliphatic heterocycles. The number of nitrogens with one attached hydrogen (secondary N) is 2. The van der Waals surface area contributed by atoms with Crippen LogP contribution in [0.15, 0.2) is 0 Å². The molecule has 1 heterocycles. The van der Waals surface area contributed by atoms with Crippen molar-refractivity contribution in [1.29, 1.82) is 0 Å². The van der Waals surface area contributed by atoms with Crippen molar-refractivity contribution < 1.29 is 4.79 Å². The maximum Gasteiger partial charge on any atom is 0.291 e. The second-order valence-electron chi connectivity index (χ2n) is 4.39. The number of hydrogen-bond donors (Lipinski definition) is 3. The van der Waals surface area contributed by atoms with Gasteiger partial charge in [-0.2, -0.15) is 0 Å². The molecule has 1 aliphatic rings. The molecule has 1 saturated carbocycles. The Labute approximate surface area is 94.0 Å². The van der Waals surface area contributed by atoms with Gasteiger partial charge >= 0.3 is 0 Å². The highest BCUT2D eigenvalue weighted by Gasteiger charge is 2.34. The van der Waals surface area contributed by atoms with E-state index in [1.54, 1.807) is 6.92 Å². The van der Waals surface area contributed by atoms with Crippen molar-refractivity contribution in [2.45, 2.75) is 38.1 Å². The van der Waals surface area contributed by atoms with E-state index in [4.69, 9.17) is 5.73 Å². The average molecular weight is 223 g/mol. The molecule has 0 atom stereocenters. The largest absolute Gasteiger partial charge is 0.343 e. The summed E-state index contributed by atoms with van der Waals surface area (Å²) in [5.41, 5.74) is 5.49. The molecule has 1 fully saturated rings. The summed E-state index contributed by atoms with van der Waals surface area (Å²) in [5, 5.41) is 9.45. The molecule has 1 aromatic heterocycles. The fourth-order valence-corrected chi connectivity index (χ4v) is 2.17. The predicted molar refractivity (Wildman–Crippen MR) is 58.8 cm³/mol. The third-order valence-electron chi connectivity index (χ3n) is 3.13. The minimum Gasteiger partial charge on any atom is -0.343 e. The molecule has 1 amide bonds. The third-order valence-corrected chi connectivity index (χ3v) is 3.13. The number of aryl methyl sites for hydroxylation is 1. The van der Waals surface area contributed by atoms with Gasteiger partial charge in [0, 0.05) is 6.54 Å². The summed E-state index contributed by atoms with van der Waals surface area (Å²) >= 11 is 0. The number of carbonyl (C=O) groups excluding carboxylic acids is 1. The normalized spacial score (nSPS) is 18.6. The first-order valence-electron chi connectivity index (χ1n) is 5.57. The van der Waals surface area contributed by atoms with Crippen LogP contribution >= 0.6 is 0 Å². The lowest BCUT2D eigenvalue weighted by Crippen LogP contribution is -2.51. The average Bonchev–Trinajstić information content (AvgIpc) is 2.88. The van der Waals surface area contributed by atoms with Gasteiger partial charge in [0.25, 0.3) is 5.91 Å². The molecule has 6 nitrogen and oxygen atoms in total. The molecule has 16 heavy (non-hydrogen) atoms. The summed E-state index contributed by atoms with van der Waals surface area (Å²) in [4.78, 5) is 15.9. The van der Waals surface area contributed by atoms with E-state index in [0.29, 0.717) is 12.4 Å². The summed E-state index contributed by atoms with van der Waals surface area (Å²) in [6.07, 6.45) is 4.12. The van der Waals surface area contributed by atoms with Crippen molar-refractivity contribution in [1.82, 2.24) is 20.5 Å². The van der Waals surface area contributed by atoms with Crippen molar-refractivity contribution in [2.75, 3.05) is 6.54 Å². The van der Waals surface area contributed by atoms with E-state index in [0.717, 1.165) is 25.7 Å². The molecule has 4 N–H and O–H groups in total. The molecule has 0 radical (unpaired) electrons. The number of aromatic amines is 1. The molecule has 2 rings (SSSR count). The van der Waals surface area contributed by atoms with Crippen LogP contribution in [0.3, 0.4) is 0 Å². The number of H-pyrrole nitrogens is 1. The second-order valence-corrected chi connectivity index (χ2v) is 4.39. The van der Waals surface area contributed by atoms with Gasteiger partial charge in [-0.3, -0.25) is 9.89 Å². The van der Waals surface area contributed by atoms with Gasteiger partial charge in [0.15, 0.2) is 0 Å². The first kappa shape index (κ1) is 11.1. The maximum absolute atomic E-state index is 11.9. The van der Waals surface area contributed by atoms with Crippen molar-refractivity contribution in [3.8, 4) is 0 Å². The highest BCUT2D eigenvalue weighted by atomic mass is 16.2. The van der Waals surface area contributed by atoms with Crippen LogP contribution in [0.5, 0.6) is 0 Å². The van der Waals surface area contributed by atoms with Crippen LogP contribution in [0.4, 0.5) is 0 Å². The van der Waals surface area contributed by atoms with Gasteiger partial charge in [-0.1, -0.05) is 12.8 Å². The molecule has 0 saturated heterocycles. The number of rotatable bonds is 3. The molecule has 0 spiro atoms. The minimum absolute atomic E-state index is 0.192. The summed E-state index contributed by atoms with van der Waals surface area (Å²) in [6.45, 7) is 2.24. The Morgan fingerprint density at radius 1 is 1.56 bits per heavy atom. The number of carbonyl (C=O) groups is 1. The first-order valence-corrected chi connectivity index (χ1v) is 5.57. The Hall–Kier alpha value is -1.43. The van der Waals surface area contributed by atoms with Crippen LogP contribution in [-0.4, -0.2) is 33.2 Å². The van der Waals surface area contributed by atoms with Crippen molar-refractivity contribution >= 4 is 5.91 Å². The Morgan fingerprint density at radius 3 is 2.75 bits per heavy atom. The lowest BCUT2D eigenvalue weighted by molar-refractivity contribution is 0.0892. The van der Waals surface area contributed by atoms with E-state index >= 15 is 0 Å². The van der Waals surface area contributed by atoms with E-state index in [1.165, 1.54) is 0 Å². The van der Waals surface area contributed by atoms with Crippen LogP contribution < -0.4 is 11.1 Å². The number of nitrogens with zero attached hydrogens (tertiary/aromatic N) is 2. The van der Waals surface area contributed by atoms with Gasteiger partial charge in [0.2, 0.25) is 5.82 Å². The Kier molecular flexibility index (Phi) is 2.91. The van der Waals surface area contributed by atoms with Gasteiger partial charge in [-0.05, 0) is 19.8 Å². The van der Waals surface area contributed by atoms with Crippen LogP contribution in [0, 0.1) is 6.92 Å². The summed E-state index contributed by atoms with van der Waals surface area (Å²) < 4.78 is 0. The molecule has 88 valence electrons. The van der Waals surface area contributed by atoms with E-state index in [2.05, 4.69) is 20.5 Å². The Balaban J connectivity index is 2.06. The summed E-state index contributed by atoms with van der Waals surface area (Å²) in [7, 11) is 0. The highest BCUT2D eigenvalue weighted by molar-refractivity contribution is 5.90. The Bertz CT molecular complexity index is 380. The summed E-state index contributed by atoms with van der Waals surface area (Å²) in [5.74, 6) is 0.590. The van der Waals surface area contributed by atoms with Crippen LogP contribution in [-0.2, 0) is 0 Å². The second kappa shape index (κ2) is 4.21. The number of amides is 1. The van der Waals surface area contributed by atoms with Crippen LogP contribution in [0.2, 0.25) is 0 Å². The zero-order valence-corrected chi connectivity index (χ0v) is 9.42. The maximum atomic E-state index is 11.9.